The van der Waals surface area contributed by atoms with Gasteiger partial charge in [0.1, 0.15) is 16.5 Å². The summed E-state index contributed by atoms with van der Waals surface area (Å²) in [5.74, 6) is 0.486. The number of aromatic nitrogens is 6. The SMILES string of the molecule is COCCCNC(=O)c1ccc(-c2cc(NC3CC3)n3ncc(C=O)c3n2)s1.O=Cc1cnn2c(NC3CC3)cc(-c3ccc(C(=O)O)s3)nc12. The Kier molecular flexibility index (Phi) is 9.83. The molecule has 6 aromatic rings. The number of carboxylic acid groups (broad SMARTS) is 1. The van der Waals surface area contributed by atoms with Gasteiger partial charge in [0, 0.05) is 44.5 Å². The molecule has 0 bridgehead atoms. The summed E-state index contributed by atoms with van der Waals surface area (Å²) in [7, 11) is 1.64. The molecular formula is C34H33N9O6S2. The van der Waals surface area contributed by atoms with Crippen molar-refractivity contribution in [2.45, 2.75) is 44.2 Å². The number of nitrogens with one attached hydrogen (secondary N) is 3. The minimum atomic E-state index is -0.961. The van der Waals surface area contributed by atoms with Gasteiger partial charge in [-0.15, -0.1) is 22.7 Å². The van der Waals surface area contributed by atoms with Gasteiger partial charge >= 0.3 is 5.97 Å². The highest BCUT2D eigenvalue weighted by atomic mass is 32.1. The molecule has 262 valence electrons. The van der Waals surface area contributed by atoms with Gasteiger partial charge < -0.3 is 25.8 Å². The topological polar surface area (TPSA) is 194 Å². The van der Waals surface area contributed by atoms with Crippen LogP contribution in [0.5, 0.6) is 0 Å². The third-order valence-corrected chi connectivity index (χ3v) is 10.3. The molecule has 51 heavy (non-hydrogen) atoms. The predicted octanol–water partition coefficient (Wildman–Crippen LogP) is 5.15. The molecule has 0 atom stereocenters. The normalized spacial score (nSPS) is 13.8. The summed E-state index contributed by atoms with van der Waals surface area (Å²) in [4.78, 5) is 57.5. The zero-order valence-electron chi connectivity index (χ0n) is 27.4. The van der Waals surface area contributed by atoms with Gasteiger partial charge in [-0.05, 0) is 56.4 Å². The summed E-state index contributed by atoms with van der Waals surface area (Å²) < 4.78 is 8.25. The van der Waals surface area contributed by atoms with Gasteiger partial charge in [0.25, 0.3) is 5.91 Å². The first kappa shape index (κ1) is 34.0. The van der Waals surface area contributed by atoms with Crippen molar-refractivity contribution in [3.8, 4) is 21.1 Å². The summed E-state index contributed by atoms with van der Waals surface area (Å²) in [5, 5.41) is 27.2. The fraction of sp³-hybridized carbons (Fsp3) is 0.294. The number of thiophene rings is 2. The number of nitrogens with zero attached hydrogens (tertiary/aromatic N) is 6. The van der Waals surface area contributed by atoms with Crippen molar-refractivity contribution < 1.29 is 29.0 Å². The lowest BCUT2D eigenvalue weighted by atomic mass is 10.3. The lowest BCUT2D eigenvalue weighted by Gasteiger charge is -2.09. The zero-order valence-corrected chi connectivity index (χ0v) is 29.0. The third kappa shape index (κ3) is 7.64. The molecule has 0 radical (unpaired) electrons. The molecule has 2 fully saturated rings. The maximum Gasteiger partial charge on any atom is 0.345 e. The summed E-state index contributed by atoms with van der Waals surface area (Å²) in [6, 6.07) is 11.6. The highest BCUT2D eigenvalue weighted by Gasteiger charge is 2.25. The van der Waals surface area contributed by atoms with E-state index in [0.717, 1.165) is 77.4 Å². The minimum Gasteiger partial charge on any atom is -0.477 e. The van der Waals surface area contributed by atoms with E-state index in [-0.39, 0.29) is 10.8 Å². The van der Waals surface area contributed by atoms with E-state index in [9.17, 15) is 19.2 Å². The van der Waals surface area contributed by atoms with E-state index < -0.39 is 5.97 Å². The van der Waals surface area contributed by atoms with Crippen LogP contribution < -0.4 is 16.0 Å². The molecule has 0 aliphatic heterocycles. The molecule has 17 heteroatoms. The van der Waals surface area contributed by atoms with Crippen LogP contribution in [0.3, 0.4) is 0 Å². The fourth-order valence-corrected chi connectivity index (χ4v) is 6.84. The van der Waals surface area contributed by atoms with Crippen molar-refractivity contribution in [1.82, 2.24) is 34.5 Å². The number of fused-ring (bicyclic) bond motifs is 2. The highest BCUT2D eigenvalue weighted by molar-refractivity contribution is 7.17. The molecule has 4 N–H and O–H groups in total. The summed E-state index contributed by atoms with van der Waals surface area (Å²) >= 11 is 2.53. The van der Waals surface area contributed by atoms with E-state index in [1.807, 2.05) is 18.2 Å². The van der Waals surface area contributed by atoms with Crippen LogP contribution >= 0.6 is 22.7 Å². The Balaban J connectivity index is 0.000000162. The second kappa shape index (κ2) is 14.8. The number of anilines is 2. The standard InChI is InChI=1S/C19H21N5O3S.C15H12N4O3S/c1-27-8-2-7-20-19(26)16-6-5-15(28-16)14-9-17(22-13-3-4-13)24-18(23-14)12(11-25)10-21-24;20-7-8-6-16-19-13(17-9-1-2-9)5-10(18-14(8)19)11-3-4-12(23-11)15(21)22/h5-6,9-11,13,22H,2-4,7-8H2,1H3,(H,20,26);3-7,9,17H,1-2H2,(H,21,22). The molecule has 2 saturated carbocycles. The average molecular weight is 728 g/mol. The predicted molar refractivity (Wildman–Crippen MR) is 192 cm³/mol. The van der Waals surface area contributed by atoms with Crippen molar-refractivity contribution in [2.24, 2.45) is 0 Å². The van der Waals surface area contributed by atoms with E-state index in [1.54, 1.807) is 34.3 Å². The third-order valence-electron chi connectivity index (χ3n) is 8.07. The number of aldehydes is 2. The first-order chi connectivity index (χ1) is 24.8. The summed E-state index contributed by atoms with van der Waals surface area (Å²) in [5.41, 5.74) is 3.15. The van der Waals surface area contributed by atoms with Crippen LogP contribution in [0.4, 0.5) is 11.6 Å². The number of carbonyl (C=O) groups excluding carboxylic acids is 3. The van der Waals surface area contributed by atoms with Crippen molar-refractivity contribution in [3.05, 3.63) is 69.7 Å². The zero-order chi connectivity index (χ0) is 35.5. The van der Waals surface area contributed by atoms with Gasteiger partial charge in [0.05, 0.1) is 49.5 Å². The van der Waals surface area contributed by atoms with Gasteiger partial charge in [-0.25, -0.2) is 14.8 Å². The number of rotatable bonds is 14. The number of hydrogen-bond acceptors (Lipinski definition) is 13. The molecule has 0 saturated heterocycles. The Morgan fingerprint density at radius 2 is 1.35 bits per heavy atom. The Morgan fingerprint density at radius 1 is 0.843 bits per heavy atom. The molecule has 0 unspecified atom stereocenters. The number of aromatic carboxylic acids is 1. The number of hydrogen-bond donors (Lipinski definition) is 4. The molecule has 0 spiro atoms. The smallest absolute Gasteiger partial charge is 0.345 e. The van der Waals surface area contributed by atoms with Crippen molar-refractivity contribution in [3.63, 3.8) is 0 Å². The van der Waals surface area contributed by atoms with E-state index >= 15 is 0 Å². The molecule has 6 aromatic heterocycles. The molecule has 2 aliphatic carbocycles. The highest BCUT2D eigenvalue weighted by Crippen LogP contribution is 2.33. The summed E-state index contributed by atoms with van der Waals surface area (Å²) in [6.07, 6.45) is 9.68. The number of carbonyl (C=O) groups is 4. The summed E-state index contributed by atoms with van der Waals surface area (Å²) in [6.45, 7) is 1.18. The van der Waals surface area contributed by atoms with Crippen LogP contribution in [0.2, 0.25) is 0 Å². The van der Waals surface area contributed by atoms with Crippen molar-refractivity contribution in [2.75, 3.05) is 30.9 Å². The Morgan fingerprint density at radius 3 is 1.80 bits per heavy atom. The maximum absolute atomic E-state index is 12.3. The van der Waals surface area contributed by atoms with Gasteiger partial charge in [-0.2, -0.15) is 19.2 Å². The molecule has 6 heterocycles. The van der Waals surface area contributed by atoms with Crippen LogP contribution in [0.25, 0.3) is 32.4 Å². The lowest BCUT2D eigenvalue weighted by molar-refractivity contribution is 0.0701. The molecule has 8 rings (SSSR count). The molecule has 1 amide bonds. The quantitative estimate of drug-likeness (QED) is 0.0853. The number of carboxylic acids is 1. The molecule has 15 nitrogen and oxygen atoms in total. The van der Waals surface area contributed by atoms with E-state index in [0.29, 0.717) is 63.9 Å². The van der Waals surface area contributed by atoms with Crippen LogP contribution in [-0.4, -0.2) is 91.1 Å². The molecule has 0 aromatic carbocycles. The first-order valence-electron chi connectivity index (χ1n) is 16.3. The van der Waals surface area contributed by atoms with Crippen LogP contribution in [0.1, 0.15) is 72.2 Å². The Labute approximate surface area is 298 Å². The van der Waals surface area contributed by atoms with Crippen molar-refractivity contribution >= 4 is 70.1 Å². The average Bonchev–Trinajstić information content (AvgIpc) is 3.84. The largest absolute Gasteiger partial charge is 0.477 e. The number of amides is 1. The second-order valence-electron chi connectivity index (χ2n) is 12.0. The fourth-order valence-electron chi connectivity index (χ4n) is 5.15. The van der Waals surface area contributed by atoms with Gasteiger partial charge in [0.15, 0.2) is 23.9 Å². The van der Waals surface area contributed by atoms with Gasteiger partial charge in [0.2, 0.25) is 0 Å². The number of methoxy groups -OCH3 is 1. The Bertz CT molecular complexity index is 2250. The van der Waals surface area contributed by atoms with E-state index in [2.05, 4.69) is 36.1 Å². The van der Waals surface area contributed by atoms with Gasteiger partial charge in [-0.1, -0.05) is 0 Å². The monoisotopic (exact) mass is 727 g/mol. The molecular weight excluding hydrogens is 695 g/mol. The Hall–Kier alpha value is -5.52. The first-order valence-corrected chi connectivity index (χ1v) is 17.9. The van der Waals surface area contributed by atoms with Crippen LogP contribution in [0, 0.1) is 0 Å². The lowest BCUT2D eigenvalue weighted by Crippen LogP contribution is -2.24. The van der Waals surface area contributed by atoms with E-state index in [1.165, 1.54) is 23.7 Å². The minimum absolute atomic E-state index is 0.109. The molecule has 2 aliphatic rings. The number of ether oxygens (including phenoxy) is 1. The van der Waals surface area contributed by atoms with Crippen LogP contribution in [0.15, 0.2) is 48.8 Å². The van der Waals surface area contributed by atoms with Crippen molar-refractivity contribution in [1.29, 1.82) is 0 Å². The second-order valence-corrected chi connectivity index (χ2v) is 14.2. The van der Waals surface area contributed by atoms with Crippen LogP contribution in [-0.2, 0) is 4.74 Å². The van der Waals surface area contributed by atoms with Gasteiger partial charge in [-0.3, -0.25) is 14.4 Å². The maximum atomic E-state index is 12.3. The van der Waals surface area contributed by atoms with E-state index in [4.69, 9.17) is 9.84 Å².